The van der Waals surface area contributed by atoms with Crippen molar-refractivity contribution in [3.8, 4) is 5.75 Å². The quantitative estimate of drug-likeness (QED) is 0.846. The highest BCUT2D eigenvalue weighted by atomic mass is 16.5. The summed E-state index contributed by atoms with van der Waals surface area (Å²) in [6, 6.07) is 3.99. The molecule has 1 rings (SSSR count). The molecule has 0 saturated heterocycles. The summed E-state index contributed by atoms with van der Waals surface area (Å²) in [5, 5.41) is 9.54. The first-order valence-corrected chi connectivity index (χ1v) is 5.83. The zero-order valence-corrected chi connectivity index (χ0v) is 10.9. The maximum atomic E-state index is 9.54. The number of aliphatic hydroxyl groups excluding tert-OH is 1. The van der Waals surface area contributed by atoms with Crippen LogP contribution in [0.5, 0.6) is 5.75 Å². The van der Waals surface area contributed by atoms with Crippen molar-refractivity contribution in [3.63, 3.8) is 0 Å². The minimum Gasteiger partial charge on any atom is -0.493 e. The maximum Gasteiger partial charge on any atom is 0.125 e. The Bertz CT molecular complexity index is 331. The van der Waals surface area contributed by atoms with Crippen molar-refractivity contribution >= 4 is 0 Å². The summed E-state index contributed by atoms with van der Waals surface area (Å²) < 4.78 is 5.78. The second-order valence-corrected chi connectivity index (χ2v) is 4.86. The van der Waals surface area contributed by atoms with E-state index in [4.69, 9.17) is 4.74 Å². The minimum atomic E-state index is -0.420. The molecule has 16 heavy (non-hydrogen) atoms. The number of hydrogen-bond acceptors (Lipinski definition) is 2. The summed E-state index contributed by atoms with van der Waals surface area (Å²) in [5.74, 6) is 1.48. The Kier molecular flexibility index (Phi) is 4.36. The lowest BCUT2D eigenvalue weighted by atomic mass is 10.0. The monoisotopic (exact) mass is 222 g/mol. The second kappa shape index (κ2) is 5.35. The third-order valence-electron chi connectivity index (χ3n) is 2.53. The molecule has 0 bridgehead atoms. The fraction of sp³-hybridized carbons (Fsp3) is 0.571. The first-order valence-electron chi connectivity index (χ1n) is 5.83. The molecule has 0 aliphatic carbocycles. The normalized spacial score (nSPS) is 12.9. The smallest absolute Gasteiger partial charge is 0.125 e. The Labute approximate surface area is 98.3 Å². The summed E-state index contributed by atoms with van der Waals surface area (Å²) in [5.41, 5.74) is 3.14. The third kappa shape index (κ3) is 3.24. The van der Waals surface area contributed by atoms with E-state index in [9.17, 15) is 5.11 Å². The summed E-state index contributed by atoms with van der Waals surface area (Å²) in [6.07, 6.45) is -0.420. The number of rotatable bonds is 4. The standard InChI is InChI=1S/C14H22O2/c1-9(2)8-16-14-10(3)6-13(12(5)15)7-11(14)4/h6-7,9,12,15H,8H2,1-5H3/t12-/m1/s1. The molecule has 0 aliphatic rings. The highest BCUT2D eigenvalue weighted by Gasteiger charge is 2.09. The van der Waals surface area contributed by atoms with Gasteiger partial charge in [-0.15, -0.1) is 0 Å². The number of hydrogen-bond donors (Lipinski definition) is 1. The molecule has 2 nitrogen and oxygen atoms in total. The molecule has 1 aromatic carbocycles. The molecule has 0 aliphatic heterocycles. The van der Waals surface area contributed by atoms with E-state index < -0.39 is 6.10 Å². The van der Waals surface area contributed by atoms with Gasteiger partial charge in [-0.2, -0.15) is 0 Å². The molecule has 0 aromatic heterocycles. The zero-order chi connectivity index (χ0) is 12.3. The fourth-order valence-electron chi connectivity index (χ4n) is 1.70. The van der Waals surface area contributed by atoms with Crippen molar-refractivity contribution in [3.05, 3.63) is 28.8 Å². The highest BCUT2D eigenvalue weighted by molar-refractivity contribution is 5.43. The van der Waals surface area contributed by atoms with E-state index in [2.05, 4.69) is 13.8 Å². The molecule has 0 fully saturated rings. The Hall–Kier alpha value is -1.02. The van der Waals surface area contributed by atoms with Crippen LogP contribution in [0.2, 0.25) is 0 Å². The predicted molar refractivity (Wildman–Crippen MR) is 66.9 cm³/mol. The summed E-state index contributed by atoms with van der Waals surface area (Å²) in [7, 11) is 0. The molecule has 0 heterocycles. The molecule has 0 unspecified atom stereocenters. The van der Waals surface area contributed by atoms with Crippen molar-refractivity contribution in [2.75, 3.05) is 6.61 Å². The van der Waals surface area contributed by atoms with E-state index in [0.29, 0.717) is 5.92 Å². The van der Waals surface area contributed by atoms with Crippen LogP contribution in [0.3, 0.4) is 0 Å². The molecule has 2 heteroatoms. The second-order valence-electron chi connectivity index (χ2n) is 4.86. The van der Waals surface area contributed by atoms with Crippen molar-refractivity contribution in [1.82, 2.24) is 0 Å². The van der Waals surface area contributed by atoms with E-state index in [-0.39, 0.29) is 0 Å². The van der Waals surface area contributed by atoms with Crippen LogP contribution in [0.1, 0.15) is 43.6 Å². The molecule has 90 valence electrons. The molecule has 0 spiro atoms. The van der Waals surface area contributed by atoms with Gasteiger partial charge in [0, 0.05) is 0 Å². The van der Waals surface area contributed by atoms with E-state index in [1.165, 1.54) is 0 Å². The van der Waals surface area contributed by atoms with Crippen LogP contribution in [0.15, 0.2) is 12.1 Å². The van der Waals surface area contributed by atoms with Crippen LogP contribution in [0.25, 0.3) is 0 Å². The molecule has 1 atom stereocenters. The molecular formula is C14H22O2. The van der Waals surface area contributed by atoms with Crippen LogP contribution in [-0.2, 0) is 0 Å². The number of ether oxygens (including phenoxy) is 1. The molecular weight excluding hydrogens is 200 g/mol. The average molecular weight is 222 g/mol. The van der Waals surface area contributed by atoms with E-state index >= 15 is 0 Å². The first-order chi connectivity index (χ1) is 7.41. The molecule has 0 saturated carbocycles. The van der Waals surface area contributed by atoms with Gasteiger partial charge in [-0.05, 0) is 55.5 Å². The van der Waals surface area contributed by atoms with Crippen LogP contribution in [0, 0.1) is 19.8 Å². The first kappa shape index (κ1) is 13.0. The Morgan fingerprint density at radius 2 is 1.62 bits per heavy atom. The van der Waals surface area contributed by atoms with Crippen LogP contribution >= 0.6 is 0 Å². The summed E-state index contributed by atoms with van der Waals surface area (Å²) in [4.78, 5) is 0. The lowest BCUT2D eigenvalue weighted by Crippen LogP contribution is -2.07. The highest BCUT2D eigenvalue weighted by Crippen LogP contribution is 2.27. The maximum absolute atomic E-state index is 9.54. The minimum absolute atomic E-state index is 0.420. The summed E-state index contributed by atoms with van der Waals surface area (Å²) in [6.45, 7) is 10.8. The van der Waals surface area contributed by atoms with Gasteiger partial charge in [0.2, 0.25) is 0 Å². The van der Waals surface area contributed by atoms with Gasteiger partial charge in [0.15, 0.2) is 0 Å². The van der Waals surface area contributed by atoms with Gasteiger partial charge in [0.25, 0.3) is 0 Å². The zero-order valence-electron chi connectivity index (χ0n) is 10.9. The van der Waals surface area contributed by atoms with Crippen LogP contribution in [0.4, 0.5) is 0 Å². The number of aryl methyl sites for hydroxylation is 2. The third-order valence-corrected chi connectivity index (χ3v) is 2.53. The van der Waals surface area contributed by atoms with Crippen LogP contribution < -0.4 is 4.74 Å². The van der Waals surface area contributed by atoms with Crippen molar-refractivity contribution in [1.29, 1.82) is 0 Å². The fourth-order valence-corrected chi connectivity index (χ4v) is 1.70. The van der Waals surface area contributed by atoms with Crippen LogP contribution in [-0.4, -0.2) is 11.7 Å². The van der Waals surface area contributed by atoms with Gasteiger partial charge < -0.3 is 9.84 Å². The van der Waals surface area contributed by atoms with Crippen molar-refractivity contribution in [2.45, 2.75) is 40.7 Å². The van der Waals surface area contributed by atoms with Gasteiger partial charge in [0.1, 0.15) is 5.75 Å². The van der Waals surface area contributed by atoms with Gasteiger partial charge in [-0.1, -0.05) is 13.8 Å². The molecule has 1 N–H and O–H groups in total. The Balaban J connectivity index is 2.94. The van der Waals surface area contributed by atoms with Gasteiger partial charge in [0.05, 0.1) is 12.7 Å². The molecule has 0 radical (unpaired) electrons. The largest absolute Gasteiger partial charge is 0.493 e. The SMILES string of the molecule is Cc1cc([C@@H](C)O)cc(C)c1OCC(C)C. The number of aliphatic hydroxyl groups is 1. The van der Waals surface area contributed by atoms with E-state index in [0.717, 1.165) is 29.0 Å². The van der Waals surface area contributed by atoms with Crippen molar-refractivity contribution in [2.24, 2.45) is 5.92 Å². The lowest BCUT2D eigenvalue weighted by Gasteiger charge is -2.16. The topological polar surface area (TPSA) is 29.5 Å². The predicted octanol–water partition coefficient (Wildman–Crippen LogP) is 3.39. The van der Waals surface area contributed by atoms with Gasteiger partial charge in [-0.25, -0.2) is 0 Å². The Morgan fingerprint density at radius 3 is 2.00 bits per heavy atom. The van der Waals surface area contributed by atoms with Gasteiger partial charge >= 0.3 is 0 Å². The average Bonchev–Trinajstić information content (AvgIpc) is 2.15. The number of benzene rings is 1. The Morgan fingerprint density at radius 1 is 1.12 bits per heavy atom. The van der Waals surface area contributed by atoms with Gasteiger partial charge in [-0.3, -0.25) is 0 Å². The van der Waals surface area contributed by atoms with Crippen molar-refractivity contribution < 1.29 is 9.84 Å². The van der Waals surface area contributed by atoms with E-state index in [1.807, 2.05) is 26.0 Å². The molecule has 1 aromatic rings. The molecule has 0 amide bonds. The lowest BCUT2D eigenvalue weighted by molar-refractivity contribution is 0.199. The summed E-state index contributed by atoms with van der Waals surface area (Å²) >= 11 is 0. The van der Waals surface area contributed by atoms with E-state index in [1.54, 1.807) is 6.92 Å².